The van der Waals surface area contributed by atoms with E-state index in [-0.39, 0.29) is 6.17 Å². The zero-order valence-electron chi connectivity index (χ0n) is 5.78. The predicted octanol–water partition coefficient (Wildman–Crippen LogP) is 0.404. The van der Waals surface area contributed by atoms with Crippen LogP contribution in [0, 0.1) is 5.92 Å². The Hall–Kier alpha value is -0.740. The predicted molar refractivity (Wildman–Crippen MR) is 37.0 cm³/mol. The first-order valence-electron chi connectivity index (χ1n) is 3.45. The molecule has 1 fully saturated rings. The van der Waals surface area contributed by atoms with Crippen LogP contribution in [-0.4, -0.2) is 12.2 Å². The fourth-order valence-corrected chi connectivity index (χ4v) is 1.31. The van der Waals surface area contributed by atoms with Crippen molar-refractivity contribution in [3.8, 4) is 0 Å². The molecule has 2 N–H and O–H groups in total. The number of hydrazine groups is 1. The van der Waals surface area contributed by atoms with Crippen LogP contribution in [0.1, 0.15) is 6.92 Å². The van der Waals surface area contributed by atoms with E-state index in [4.69, 9.17) is 0 Å². The van der Waals surface area contributed by atoms with E-state index in [9.17, 15) is 0 Å². The van der Waals surface area contributed by atoms with Crippen LogP contribution in [0.3, 0.4) is 0 Å². The van der Waals surface area contributed by atoms with Gasteiger partial charge in [-0.2, -0.15) is 10.2 Å². The van der Waals surface area contributed by atoms with E-state index in [0.29, 0.717) is 12.0 Å². The molecule has 2 aliphatic heterocycles. The maximum Gasteiger partial charge on any atom is 0.141 e. The molecule has 0 aliphatic carbocycles. The third-order valence-electron chi connectivity index (χ3n) is 1.97. The number of nitrogens with one attached hydrogen (secondary N) is 2. The van der Waals surface area contributed by atoms with Crippen molar-refractivity contribution in [2.45, 2.75) is 19.1 Å². The fraction of sp³-hybridized carbons (Fsp3) is 0.667. The smallest absolute Gasteiger partial charge is 0.141 e. The standard InChI is InChI=1S/C6H10N4/c1-4-5-2-3-7-9-6(5)10-8-4/h2-6,8,10H,1H3. The lowest BCUT2D eigenvalue weighted by molar-refractivity contribution is 0.491. The Morgan fingerprint density at radius 3 is 3.10 bits per heavy atom. The quantitative estimate of drug-likeness (QED) is 0.509. The van der Waals surface area contributed by atoms with Crippen LogP contribution in [0.5, 0.6) is 0 Å². The Morgan fingerprint density at radius 1 is 1.40 bits per heavy atom. The largest absolute Gasteiger partial charge is 0.252 e. The summed E-state index contributed by atoms with van der Waals surface area (Å²) in [5.41, 5.74) is 6.15. The number of azo groups is 1. The number of hydrogen-bond acceptors (Lipinski definition) is 4. The van der Waals surface area contributed by atoms with Crippen LogP contribution in [0.25, 0.3) is 0 Å². The highest BCUT2D eigenvalue weighted by molar-refractivity contribution is 5.02. The third kappa shape index (κ3) is 0.767. The van der Waals surface area contributed by atoms with Gasteiger partial charge in [0.1, 0.15) is 6.17 Å². The van der Waals surface area contributed by atoms with Crippen LogP contribution < -0.4 is 10.9 Å². The molecule has 2 heterocycles. The highest BCUT2D eigenvalue weighted by Crippen LogP contribution is 2.20. The molecule has 0 spiro atoms. The molecule has 0 aromatic rings. The molecule has 0 aromatic carbocycles. The van der Waals surface area contributed by atoms with Crippen molar-refractivity contribution < 1.29 is 0 Å². The molecule has 3 unspecified atom stereocenters. The second-order valence-electron chi connectivity index (χ2n) is 2.67. The van der Waals surface area contributed by atoms with Gasteiger partial charge in [-0.05, 0) is 6.92 Å². The van der Waals surface area contributed by atoms with Gasteiger partial charge >= 0.3 is 0 Å². The van der Waals surface area contributed by atoms with Crippen LogP contribution in [0.2, 0.25) is 0 Å². The second kappa shape index (κ2) is 2.14. The topological polar surface area (TPSA) is 48.8 Å². The minimum Gasteiger partial charge on any atom is -0.252 e. The molecular weight excluding hydrogens is 128 g/mol. The number of nitrogens with zero attached hydrogens (tertiary/aromatic N) is 2. The van der Waals surface area contributed by atoms with Gasteiger partial charge in [-0.1, -0.05) is 6.08 Å². The average molecular weight is 138 g/mol. The number of rotatable bonds is 0. The monoisotopic (exact) mass is 138 g/mol. The van der Waals surface area contributed by atoms with Crippen LogP contribution >= 0.6 is 0 Å². The van der Waals surface area contributed by atoms with Crippen LogP contribution in [0.4, 0.5) is 0 Å². The third-order valence-corrected chi connectivity index (χ3v) is 1.97. The number of hydrogen-bond donors (Lipinski definition) is 2. The lowest BCUT2D eigenvalue weighted by atomic mass is 10.0. The first-order chi connectivity index (χ1) is 4.88. The Bertz CT molecular complexity index is 186. The van der Waals surface area contributed by atoms with Gasteiger partial charge in [0.05, 0.1) is 0 Å². The fourth-order valence-electron chi connectivity index (χ4n) is 1.31. The van der Waals surface area contributed by atoms with Crippen molar-refractivity contribution in [1.82, 2.24) is 10.9 Å². The molecule has 0 radical (unpaired) electrons. The van der Waals surface area contributed by atoms with Crippen LogP contribution in [0.15, 0.2) is 22.5 Å². The highest BCUT2D eigenvalue weighted by Gasteiger charge is 2.31. The normalized spacial score (nSPS) is 43.9. The van der Waals surface area contributed by atoms with Crippen molar-refractivity contribution >= 4 is 0 Å². The molecule has 10 heavy (non-hydrogen) atoms. The molecule has 54 valence electrons. The summed E-state index contributed by atoms with van der Waals surface area (Å²) in [7, 11) is 0. The van der Waals surface area contributed by atoms with Crippen LogP contribution in [-0.2, 0) is 0 Å². The summed E-state index contributed by atoms with van der Waals surface area (Å²) in [6.45, 7) is 2.13. The van der Waals surface area contributed by atoms with Crippen molar-refractivity contribution in [2.75, 3.05) is 0 Å². The lowest BCUT2D eigenvalue weighted by Crippen LogP contribution is -2.31. The molecule has 2 rings (SSSR count). The molecule has 0 bridgehead atoms. The Kier molecular flexibility index (Phi) is 1.28. The first-order valence-corrected chi connectivity index (χ1v) is 3.45. The van der Waals surface area contributed by atoms with E-state index < -0.39 is 0 Å². The molecule has 0 aromatic heterocycles. The molecule has 1 saturated heterocycles. The Balaban J connectivity index is 2.19. The van der Waals surface area contributed by atoms with Gasteiger partial charge in [0, 0.05) is 18.2 Å². The maximum absolute atomic E-state index is 4.01. The van der Waals surface area contributed by atoms with Crippen molar-refractivity contribution in [3.63, 3.8) is 0 Å². The second-order valence-corrected chi connectivity index (χ2v) is 2.67. The summed E-state index contributed by atoms with van der Waals surface area (Å²) in [4.78, 5) is 0. The molecule has 4 nitrogen and oxygen atoms in total. The summed E-state index contributed by atoms with van der Waals surface area (Å²) in [5, 5.41) is 7.80. The van der Waals surface area contributed by atoms with E-state index in [1.165, 1.54) is 0 Å². The summed E-state index contributed by atoms with van der Waals surface area (Å²) in [6, 6.07) is 0.459. The summed E-state index contributed by atoms with van der Waals surface area (Å²) >= 11 is 0. The Labute approximate surface area is 59.4 Å². The minimum absolute atomic E-state index is 0.153. The zero-order chi connectivity index (χ0) is 6.97. The molecule has 0 amide bonds. The Morgan fingerprint density at radius 2 is 2.30 bits per heavy atom. The zero-order valence-corrected chi connectivity index (χ0v) is 5.78. The van der Waals surface area contributed by atoms with Gasteiger partial charge in [-0.15, -0.1) is 0 Å². The average Bonchev–Trinajstić information content (AvgIpc) is 2.34. The molecule has 0 saturated carbocycles. The molecule has 4 heteroatoms. The minimum atomic E-state index is 0.153. The highest BCUT2D eigenvalue weighted by atomic mass is 15.5. The van der Waals surface area contributed by atoms with Crippen molar-refractivity contribution in [2.24, 2.45) is 16.1 Å². The molecular formula is C6H10N4. The lowest BCUT2D eigenvalue weighted by Gasteiger charge is -2.13. The first kappa shape index (κ1) is 6.00. The number of fused-ring (bicyclic) bond motifs is 1. The van der Waals surface area contributed by atoms with E-state index in [2.05, 4.69) is 34.1 Å². The van der Waals surface area contributed by atoms with Gasteiger partial charge in [0.25, 0.3) is 0 Å². The van der Waals surface area contributed by atoms with E-state index in [0.717, 1.165) is 0 Å². The van der Waals surface area contributed by atoms with Gasteiger partial charge in [-0.3, -0.25) is 5.43 Å². The van der Waals surface area contributed by atoms with E-state index in [1.54, 1.807) is 6.20 Å². The van der Waals surface area contributed by atoms with Gasteiger partial charge in [0.2, 0.25) is 0 Å². The van der Waals surface area contributed by atoms with E-state index in [1.807, 2.05) is 0 Å². The summed E-state index contributed by atoms with van der Waals surface area (Å²) in [6.07, 6.45) is 3.99. The van der Waals surface area contributed by atoms with E-state index >= 15 is 0 Å². The summed E-state index contributed by atoms with van der Waals surface area (Å²) < 4.78 is 0. The summed E-state index contributed by atoms with van der Waals surface area (Å²) in [5.74, 6) is 0.470. The maximum atomic E-state index is 4.01. The van der Waals surface area contributed by atoms with Gasteiger partial charge in [0.15, 0.2) is 0 Å². The molecule has 2 aliphatic rings. The van der Waals surface area contributed by atoms with Gasteiger partial charge < -0.3 is 0 Å². The van der Waals surface area contributed by atoms with Gasteiger partial charge in [-0.25, -0.2) is 5.43 Å². The van der Waals surface area contributed by atoms with Crippen molar-refractivity contribution in [3.05, 3.63) is 12.3 Å². The molecule has 3 atom stereocenters. The van der Waals surface area contributed by atoms with Crippen molar-refractivity contribution in [1.29, 1.82) is 0 Å². The SMILES string of the molecule is CC1NNC2N=NC=CC12.